The highest BCUT2D eigenvalue weighted by Gasteiger charge is 2.18. The molecule has 8 heteroatoms. The predicted molar refractivity (Wildman–Crippen MR) is 88.5 cm³/mol. The number of anilines is 2. The first kappa shape index (κ1) is 16.1. The molecule has 0 aliphatic heterocycles. The van der Waals surface area contributed by atoms with Crippen molar-refractivity contribution in [2.45, 2.75) is 4.90 Å². The van der Waals surface area contributed by atoms with Crippen molar-refractivity contribution in [3.05, 3.63) is 46.0 Å². The molecule has 1 aromatic carbocycles. The Morgan fingerprint density at radius 2 is 2.00 bits per heavy atom. The molecule has 0 fully saturated rings. The average Bonchev–Trinajstić information content (AvgIpc) is 2.41. The van der Waals surface area contributed by atoms with E-state index in [1.54, 1.807) is 37.3 Å². The second-order valence-corrected chi connectivity index (χ2v) is 7.39. The van der Waals surface area contributed by atoms with Crippen LogP contribution < -0.4 is 9.62 Å². The van der Waals surface area contributed by atoms with Gasteiger partial charge < -0.3 is 4.90 Å². The normalized spacial score (nSPS) is 11.2. The third-order valence-corrected chi connectivity index (χ3v) is 5.23. The third-order valence-electron chi connectivity index (χ3n) is 2.66. The second kappa shape index (κ2) is 6.21. The number of aromatic nitrogens is 1. The zero-order valence-corrected chi connectivity index (χ0v) is 14.5. The summed E-state index contributed by atoms with van der Waals surface area (Å²) >= 11 is 9.10. The highest BCUT2D eigenvalue weighted by atomic mass is 79.9. The molecule has 0 aliphatic rings. The lowest BCUT2D eigenvalue weighted by molar-refractivity contribution is 0.601. The van der Waals surface area contributed by atoms with Gasteiger partial charge in [0, 0.05) is 24.8 Å². The van der Waals surface area contributed by atoms with Crippen LogP contribution in [0.15, 0.2) is 45.9 Å². The Hall–Kier alpha value is -1.31. The number of hydrogen-bond donors (Lipinski definition) is 1. The molecular formula is C13H13BrClN3O2S. The van der Waals surface area contributed by atoms with Crippen molar-refractivity contribution < 1.29 is 8.42 Å². The molecular weight excluding hydrogens is 378 g/mol. The van der Waals surface area contributed by atoms with Crippen molar-refractivity contribution in [2.24, 2.45) is 0 Å². The quantitative estimate of drug-likeness (QED) is 0.869. The highest BCUT2D eigenvalue weighted by molar-refractivity contribution is 9.10. The van der Waals surface area contributed by atoms with Gasteiger partial charge in [-0.1, -0.05) is 11.6 Å². The van der Waals surface area contributed by atoms with Gasteiger partial charge >= 0.3 is 0 Å². The fraction of sp³-hybridized carbons (Fsp3) is 0.154. The SMILES string of the molecule is CN(C)c1ncccc1NS(=O)(=O)c1ccc(Cl)c(Br)c1. The van der Waals surface area contributed by atoms with Crippen molar-refractivity contribution in [1.29, 1.82) is 0 Å². The van der Waals surface area contributed by atoms with E-state index >= 15 is 0 Å². The van der Waals surface area contributed by atoms with Crippen LogP contribution in [0.1, 0.15) is 0 Å². The van der Waals surface area contributed by atoms with Crippen molar-refractivity contribution in [3.63, 3.8) is 0 Å². The minimum atomic E-state index is -3.71. The maximum Gasteiger partial charge on any atom is 0.262 e. The minimum Gasteiger partial charge on any atom is -0.361 e. The fourth-order valence-corrected chi connectivity index (χ4v) is 3.42. The Labute approximate surface area is 137 Å². The van der Waals surface area contributed by atoms with Crippen LogP contribution in [0.25, 0.3) is 0 Å². The van der Waals surface area contributed by atoms with Crippen LogP contribution in [0.5, 0.6) is 0 Å². The second-order valence-electron chi connectivity index (χ2n) is 4.45. The Bertz CT molecular complexity index is 766. The summed E-state index contributed by atoms with van der Waals surface area (Å²) in [5.41, 5.74) is 0.411. The summed E-state index contributed by atoms with van der Waals surface area (Å²) in [5, 5.41) is 0.448. The first-order valence-corrected chi connectivity index (χ1v) is 8.57. The topological polar surface area (TPSA) is 62.3 Å². The van der Waals surface area contributed by atoms with E-state index in [-0.39, 0.29) is 4.90 Å². The summed E-state index contributed by atoms with van der Waals surface area (Å²) in [6.07, 6.45) is 1.60. The van der Waals surface area contributed by atoms with Gasteiger partial charge in [-0.05, 0) is 46.3 Å². The molecule has 5 nitrogen and oxygen atoms in total. The molecule has 0 amide bonds. The number of pyridine rings is 1. The van der Waals surface area contributed by atoms with Gasteiger partial charge in [0.25, 0.3) is 10.0 Å². The Morgan fingerprint density at radius 1 is 1.29 bits per heavy atom. The lowest BCUT2D eigenvalue weighted by Gasteiger charge is -2.17. The summed E-state index contributed by atoms with van der Waals surface area (Å²) in [4.78, 5) is 6.01. The van der Waals surface area contributed by atoms with Gasteiger partial charge in [0.1, 0.15) is 0 Å². The zero-order valence-electron chi connectivity index (χ0n) is 11.3. The van der Waals surface area contributed by atoms with Gasteiger partial charge in [-0.2, -0.15) is 0 Å². The molecule has 0 radical (unpaired) electrons. The predicted octanol–water partition coefficient (Wildman–Crippen LogP) is 3.36. The third kappa shape index (κ3) is 3.66. The summed E-state index contributed by atoms with van der Waals surface area (Å²) in [7, 11) is -0.133. The first-order valence-electron chi connectivity index (χ1n) is 5.91. The van der Waals surface area contributed by atoms with Crippen molar-refractivity contribution in [2.75, 3.05) is 23.7 Å². The van der Waals surface area contributed by atoms with Crippen LogP contribution in [-0.4, -0.2) is 27.5 Å². The standard InChI is InChI=1S/C13H13BrClN3O2S/c1-18(2)13-12(4-3-7-16-13)17-21(19,20)9-5-6-11(15)10(14)8-9/h3-8,17H,1-2H3. The van der Waals surface area contributed by atoms with E-state index in [0.717, 1.165) is 0 Å². The molecule has 0 atom stereocenters. The van der Waals surface area contributed by atoms with Crippen molar-refractivity contribution in [1.82, 2.24) is 4.98 Å². The lowest BCUT2D eigenvalue weighted by Crippen LogP contribution is -2.18. The average molecular weight is 391 g/mol. The van der Waals surface area contributed by atoms with E-state index in [1.165, 1.54) is 18.2 Å². The fourth-order valence-electron chi connectivity index (χ4n) is 1.68. The number of rotatable bonds is 4. The van der Waals surface area contributed by atoms with Gasteiger partial charge in [0.2, 0.25) is 0 Å². The van der Waals surface area contributed by atoms with E-state index < -0.39 is 10.0 Å². The number of benzene rings is 1. The van der Waals surface area contributed by atoms with E-state index in [4.69, 9.17) is 11.6 Å². The van der Waals surface area contributed by atoms with Crippen LogP contribution in [0.3, 0.4) is 0 Å². The molecule has 1 N–H and O–H groups in total. The van der Waals surface area contributed by atoms with Crippen LogP contribution >= 0.6 is 27.5 Å². The largest absolute Gasteiger partial charge is 0.361 e. The smallest absolute Gasteiger partial charge is 0.262 e. The number of nitrogens with one attached hydrogen (secondary N) is 1. The van der Waals surface area contributed by atoms with Crippen molar-refractivity contribution >= 4 is 49.1 Å². The monoisotopic (exact) mass is 389 g/mol. The maximum absolute atomic E-state index is 12.4. The highest BCUT2D eigenvalue weighted by Crippen LogP contribution is 2.28. The van der Waals surface area contributed by atoms with Crippen LogP contribution in [-0.2, 0) is 10.0 Å². The Balaban J connectivity index is 2.40. The van der Waals surface area contributed by atoms with E-state index in [1.807, 2.05) is 0 Å². The molecule has 0 saturated heterocycles. The summed E-state index contributed by atoms with van der Waals surface area (Å²) in [6, 6.07) is 7.75. The molecule has 0 unspecified atom stereocenters. The number of sulfonamides is 1. The first-order chi connectivity index (χ1) is 9.81. The van der Waals surface area contributed by atoms with Gasteiger partial charge in [-0.3, -0.25) is 4.72 Å². The minimum absolute atomic E-state index is 0.118. The molecule has 0 bridgehead atoms. The molecule has 1 aromatic heterocycles. The van der Waals surface area contributed by atoms with Crippen LogP contribution in [0.4, 0.5) is 11.5 Å². The van der Waals surface area contributed by atoms with Gasteiger partial charge in [-0.25, -0.2) is 13.4 Å². The lowest BCUT2D eigenvalue weighted by atomic mass is 10.4. The van der Waals surface area contributed by atoms with Gasteiger partial charge in [0.05, 0.1) is 15.6 Å². The number of hydrogen-bond acceptors (Lipinski definition) is 4. The molecule has 2 rings (SSSR count). The van der Waals surface area contributed by atoms with E-state index in [2.05, 4.69) is 25.6 Å². The van der Waals surface area contributed by atoms with Crippen LogP contribution in [0, 0.1) is 0 Å². The number of nitrogens with zero attached hydrogens (tertiary/aromatic N) is 2. The molecule has 2 aromatic rings. The van der Waals surface area contributed by atoms with E-state index in [0.29, 0.717) is 21.0 Å². The van der Waals surface area contributed by atoms with Crippen molar-refractivity contribution in [3.8, 4) is 0 Å². The summed E-state index contributed by atoms with van der Waals surface area (Å²) < 4.78 is 27.9. The van der Waals surface area contributed by atoms with Gasteiger partial charge in [0.15, 0.2) is 5.82 Å². The van der Waals surface area contributed by atoms with E-state index in [9.17, 15) is 8.42 Å². The Morgan fingerprint density at radius 3 is 2.62 bits per heavy atom. The maximum atomic E-state index is 12.4. The zero-order chi connectivity index (χ0) is 15.6. The molecule has 0 aliphatic carbocycles. The molecule has 112 valence electrons. The summed E-state index contributed by atoms with van der Waals surface area (Å²) in [5.74, 6) is 0.536. The summed E-state index contributed by atoms with van der Waals surface area (Å²) in [6.45, 7) is 0. The van der Waals surface area contributed by atoms with Gasteiger partial charge in [-0.15, -0.1) is 0 Å². The molecule has 1 heterocycles. The number of halogens is 2. The Kier molecular flexibility index (Phi) is 4.75. The van der Waals surface area contributed by atoms with Crippen LogP contribution in [0.2, 0.25) is 5.02 Å². The molecule has 0 spiro atoms. The molecule has 0 saturated carbocycles. The molecule has 21 heavy (non-hydrogen) atoms.